The van der Waals surface area contributed by atoms with Crippen molar-refractivity contribution in [2.75, 3.05) is 33.3 Å². The third-order valence-corrected chi connectivity index (χ3v) is 18.4. The van der Waals surface area contributed by atoms with Gasteiger partial charge in [0.15, 0.2) is 35.6 Å². The van der Waals surface area contributed by atoms with E-state index in [0.29, 0.717) is 59.9 Å². The number of aryl methyl sites for hydroxylation is 1. The van der Waals surface area contributed by atoms with Crippen LogP contribution in [0.3, 0.4) is 0 Å². The van der Waals surface area contributed by atoms with Gasteiger partial charge in [-0.2, -0.15) is 0 Å². The molecule has 0 bridgehead atoms. The molecule has 0 amide bonds. The molecule has 14 heteroatoms. The number of benzene rings is 5. The summed E-state index contributed by atoms with van der Waals surface area (Å²) in [5.74, 6) is -0.967. The second-order valence-corrected chi connectivity index (χ2v) is 22.5. The van der Waals surface area contributed by atoms with Gasteiger partial charge in [-0.3, -0.25) is 4.79 Å². The molecule has 5 aromatic carbocycles. The molecule has 7 atom stereocenters. The van der Waals surface area contributed by atoms with Gasteiger partial charge in [0.05, 0.1) is 42.7 Å². The minimum atomic E-state index is -1.67. The van der Waals surface area contributed by atoms with Gasteiger partial charge in [0.25, 0.3) is 0 Å². The summed E-state index contributed by atoms with van der Waals surface area (Å²) in [6, 6.07) is 26.5. The van der Waals surface area contributed by atoms with Crippen LogP contribution in [-0.2, 0) is 48.9 Å². The summed E-state index contributed by atoms with van der Waals surface area (Å²) in [4.78, 5) is 19.8. The number of aromatic nitrogens is 1. The number of aliphatic hydroxyl groups excluding tert-OH is 4. The van der Waals surface area contributed by atoms with Crippen LogP contribution in [0.1, 0.15) is 94.3 Å². The van der Waals surface area contributed by atoms with Gasteiger partial charge in [-0.25, -0.2) is 0 Å². The molecule has 6 aromatic rings. The number of fused-ring (bicyclic) bond motifs is 2. The smallest absolute Gasteiger partial charge is 0.186 e. The van der Waals surface area contributed by atoms with E-state index in [1.807, 2.05) is 48.8 Å². The van der Waals surface area contributed by atoms with Crippen LogP contribution in [0, 0.1) is 17.8 Å². The number of methoxy groups -OCH3 is 1. The quantitative estimate of drug-likeness (QED) is 0.0381. The number of aromatic hydroxyl groups is 2. The van der Waals surface area contributed by atoms with E-state index in [0.717, 1.165) is 81.8 Å². The molecule has 0 radical (unpaired) electrons. The SMILES string of the molecule is CCc1ccc2cccc3c2c1Cc1c(ccc(O)c1OC)C[C@@H](Cc1cc[nH]c1)[C@H](O)[C@@H]1C(=O)[C@](Cc2ccc(OCO)c(OC4CCCC4)c2)(c2cc(O)cc(CNC)c2)[C@@H](O)C[C@H]1CSS[C@H]3CO. The van der Waals surface area contributed by atoms with Crippen molar-refractivity contribution < 1.29 is 49.6 Å². The number of rotatable bonds is 14. The zero-order chi connectivity index (χ0) is 50.5. The van der Waals surface area contributed by atoms with E-state index in [9.17, 15) is 30.6 Å². The van der Waals surface area contributed by atoms with Crippen molar-refractivity contribution in [1.29, 1.82) is 0 Å². The maximum absolute atomic E-state index is 16.6. The highest BCUT2D eigenvalue weighted by atomic mass is 33.1. The average Bonchev–Trinajstić information content (AvgIpc) is 4.10. The third kappa shape index (κ3) is 10.5. The van der Waals surface area contributed by atoms with Crippen molar-refractivity contribution >= 4 is 38.1 Å². The lowest BCUT2D eigenvalue weighted by molar-refractivity contribution is -0.149. The van der Waals surface area contributed by atoms with Crippen molar-refractivity contribution in [3.63, 3.8) is 0 Å². The van der Waals surface area contributed by atoms with Crippen LogP contribution >= 0.6 is 21.6 Å². The monoisotopic (exact) mass is 1020 g/mol. The highest BCUT2D eigenvalue weighted by Gasteiger charge is 2.58. The fourth-order valence-electron chi connectivity index (χ4n) is 12.1. The maximum atomic E-state index is 16.6. The van der Waals surface area contributed by atoms with Gasteiger partial charge >= 0.3 is 0 Å². The van der Waals surface area contributed by atoms with E-state index in [1.165, 1.54) is 21.6 Å². The number of hydrogen-bond donors (Lipinski definition) is 8. The highest BCUT2D eigenvalue weighted by molar-refractivity contribution is 8.76. The Bertz CT molecular complexity index is 2830. The summed E-state index contributed by atoms with van der Waals surface area (Å²) in [5.41, 5.74) is 5.92. The molecule has 2 fully saturated rings. The van der Waals surface area contributed by atoms with Crippen LogP contribution in [0.25, 0.3) is 10.8 Å². The first-order valence-electron chi connectivity index (χ1n) is 25.3. The number of aromatic amines is 1. The fourth-order valence-corrected chi connectivity index (χ4v) is 15.0. The number of carbonyl (C=O) groups excluding carboxylic acids is 1. The molecule has 2 heterocycles. The van der Waals surface area contributed by atoms with Crippen molar-refractivity contribution in [2.45, 2.75) is 107 Å². The molecule has 0 unspecified atom stereocenters. The van der Waals surface area contributed by atoms with Crippen LogP contribution in [0.2, 0.25) is 0 Å². The van der Waals surface area contributed by atoms with Crippen LogP contribution in [-0.4, -0.2) is 93.0 Å². The number of phenols is 2. The number of phenolic OH excluding ortho intramolecular Hbond substituents is 2. The molecular weight excluding hydrogens is 949 g/mol. The molecule has 0 saturated heterocycles. The average molecular weight is 1020 g/mol. The number of Topliss-reactive ketones (excluding diaryl/α,β-unsaturated/α-hetero) is 1. The summed E-state index contributed by atoms with van der Waals surface area (Å²) in [6.07, 6.45) is 7.05. The second-order valence-electron chi connectivity index (χ2n) is 19.9. The van der Waals surface area contributed by atoms with Crippen molar-refractivity contribution in [3.8, 4) is 28.7 Å². The Morgan fingerprint density at radius 2 is 1.74 bits per heavy atom. The number of carbonyl (C=O) groups is 1. The van der Waals surface area contributed by atoms with Crippen molar-refractivity contribution in [3.05, 3.63) is 147 Å². The van der Waals surface area contributed by atoms with Gasteiger partial charge in [0, 0.05) is 42.6 Å². The molecule has 1 aromatic heterocycles. The summed E-state index contributed by atoms with van der Waals surface area (Å²) in [6.45, 7) is 1.80. The van der Waals surface area contributed by atoms with Gasteiger partial charge < -0.3 is 55.2 Å². The van der Waals surface area contributed by atoms with Gasteiger partial charge in [-0.15, -0.1) is 0 Å². The number of hydrogen-bond acceptors (Lipinski definition) is 13. The van der Waals surface area contributed by atoms with Crippen LogP contribution in [0.4, 0.5) is 0 Å². The molecule has 3 aliphatic rings. The van der Waals surface area contributed by atoms with E-state index >= 15 is 4.79 Å². The summed E-state index contributed by atoms with van der Waals surface area (Å²) in [7, 11) is 6.43. The van der Waals surface area contributed by atoms with Gasteiger partial charge in [0.2, 0.25) is 0 Å². The first kappa shape index (κ1) is 51.7. The molecule has 72 heavy (non-hydrogen) atoms. The lowest BCUT2D eigenvalue weighted by atomic mass is 9.55. The fraction of sp³-hybridized carbons (Fsp3) is 0.431. The number of aliphatic hydroxyl groups is 4. The van der Waals surface area contributed by atoms with Gasteiger partial charge in [-0.05, 0) is 168 Å². The van der Waals surface area contributed by atoms with Crippen molar-refractivity contribution in [2.24, 2.45) is 17.8 Å². The Morgan fingerprint density at radius 1 is 0.903 bits per heavy atom. The Balaban J connectivity index is 1.23. The lowest BCUT2D eigenvalue weighted by Gasteiger charge is -2.49. The number of nitrogens with one attached hydrogen (secondary N) is 2. The van der Waals surface area contributed by atoms with E-state index < -0.39 is 42.2 Å². The Kier molecular flexibility index (Phi) is 16.5. The standard InChI is InChI=1S/C58H68N2O10S2/c1-4-37-13-14-38-8-7-11-45-51(31-61)72-71-32-41-25-52(65)58(42-21-36(29-59-2)22-43(63)26-42,28-34-12-17-49(69-33-62)50(23-34)70-44-9-5-6-10-44)57(67)54(41)55(66)40(20-35-18-19-60-30-35)24-39-15-16-48(64)56(68-3)47(39)27-46(37)53(38)45/h7-8,11-19,21-23,26,30,40-41,44,51-52,54-55,59-66H,4-6,9-10,20,24-25,27-29,31-33H2,1-3H3/t40-,41+,51+,52+,54-,55+,58-/m1/s1. The molecule has 0 spiro atoms. The predicted octanol–water partition coefficient (Wildman–Crippen LogP) is 9.05. The lowest BCUT2D eigenvalue weighted by Crippen LogP contribution is -2.61. The number of ketones is 1. The number of ether oxygens (including phenoxy) is 3. The van der Waals surface area contributed by atoms with Gasteiger partial charge in [0.1, 0.15) is 5.75 Å². The zero-order valence-corrected chi connectivity index (χ0v) is 42.9. The molecule has 8 N–H and O–H groups in total. The summed E-state index contributed by atoms with van der Waals surface area (Å²) < 4.78 is 18.2. The van der Waals surface area contributed by atoms with Crippen molar-refractivity contribution in [1.82, 2.24) is 10.3 Å². The minimum Gasteiger partial charge on any atom is -0.508 e. The first-order chi connectivity index (χ1) is 35.0. The maximum Gasteiger partial charge on any atom is 0.186 e. The van der Waals surface area contributed by atoms with E-state index in [2.05, 4.69) is 41.5 Å². The Labute approximate surface area is 429 Å². The van der Waals surface area contributed by atoms with E-state index in [1.54, 1.807) is 38.4 Å². The van der Waals surface area contributed by atoms with Crippen LogP contribution < -0.4 is 19.5 Å². The predicted molar refractivity (Wildman–Crippen MR) is 284 cm³/mol. The third-order valence-electron chi connectivity index (χ3n) is 15.6. The number of H-pyrrole nitrogens is 1. The van der Waals surface area contributed by atoms with E-state index in [-0.39, 0.29) is 48.1 Å². The Hall–Kier alpha value is -5.19. The van der Waals surface area contributed by atoms with E-state index in [4.69, 9.17) is 14.2 Å². The molecule has 382 valence electrons. The topological polar surface area (TPSA) is 194 Å². The summed E-state index contributed by atoms with van der Waals surface area (Å²) in [5, 5.41) is 75.4. The highest BCUT2D eigenvalue weighted by Crippen LogP contribution is 2.52. The normalized spacial score (nSPS) is 24.0. The molecule has 12 nitrogen and oxygen atoms in total. The molecule has 2 aliphatic carbocycles. The minimum absolute atomic E-state index is 0.00408. The van der Waals surface area contributed by atoms with Gasteiger partial charge in [-0.1, -0.05) is 77.0 Å². The van der Waals surface area contributed by atoms with Crippen LogP contribution in [0.15, 0.2) is 97.3 Å². The largest absolute Gasteiger partial charge is 0.508 e. The van der Waals surface area contributed by atoms with Crippen LogP contribution in [0.5, 0.6) is 28.7 Å². The summed E-state index contributed by atoms with van der Waals surface area (Å²) >= 11 is 0. The molecular formula is C58H68N2O10S2. The molecule has 9 rings (SSSR count). The first-order valence-corrected chi connectivity index (χ1v) is 27.7. The molecule has 1 aliphatic heterocycles. The second kappa shape index (κ2) is 22.9. The molecule has 2 saturated carbocycles. The Morgan fingerprint density at radius 3 is 2.47 bits per heavy atom. The zero-order valence-electron chi connectivity index (χ0n) is 41.3.